The van der Waals surface area contributed by atoms with Crippen LogP contribution >= 0.6 is 43.2 Å². The van der Waals surface area contributed by atoms with Gasteiger partial charge in [-0.05, 0) is 63.0 Å². The Hall–Kier alpha value is -0.690. The lowest BCUT2D eigenvalue weighted by atomic mass is 10.3. The van der Waals surface area contributed by atoms with Crippen molar-refractivity contribution in [3.8, 4) is 0 Å². The Morgan fingerprint density at radius 2 is 2.10 bits per heavy atom. The van der Waals surface area contributed by atoms with Gasteiger partial charge in [-0.15, -0.1) is 11.3 Å². The Morgan fingerprint density at radius 1 is 1.24 bits per heavy atom. The average Bonchev–Trinajstić information content (AvgIpc) is 3.03. The molecule has 0 aliphatic heterocycles. The molecule has 0 spiro atoms. The summed E-state index contributed by atoms with van der Waals surface area (Å²) >= 11 is 8.80. The molecule has 3 nitrogen and oxygen atoms in total. The Bertz CT molecular complexity index is 716. The monoisotopic (exact) mass is 427 g/mol. The van der Waals surface area contributed by atoms with Gasteiger partial charge in [0.05, 0.1) is 21.1 Å². The van der Waals surface area contributed by atoms with Gasteiger partial charge in [0.1, 0.15) is 0 Å². The highest BCUT2D eigenvalue weighted by atomic mass is 79.9. The molecule has 2 aromatic heterocycles. The van der Waals surface area contributed by atoms with Crippen LogP contribution in [0.15, 0.2) is 44.9 Å². The first-order valence-corrected chi connectivity index (χ1v) is 9.18. The fourth-order valence-corrected chi connectivity index (χ4v) is 4.40. The predicted molar refractivity (Wildman–Crippen MR) is 95.8 cm³/mol. The molecule has 21 heavy (non-hydrogen) atoms. The summed E-state index contributed by atoms with van der Waals surface area (Å²) in [6.07, 6.45) is 3.02. The van der Waals surface area contributed by atoms with Crippen LogP contribution in [-0.2, 0) is 13.1 Å². The molecule has 0 aliphatic carbocycles. The molecule has 2 heterocycles. The molecule has 0 unspecified atom stereocenters. The highest BCUT2D eigenvalue weighted by Gasteiger charge is 2.04. The van der Waals surface area contributed by atoms with Gasteiger partial charge in [-0.3, -0.25) is 0 Å². The van der Waals surface area contributed by atoms with E-state index in [0.29, 0.717) is 0 Å². The van der Waals surface area contributed by atoms with E-state index in [9.17, 15) is 0 Å². The van der Waals surface area contributed by atoms with Crippen LogP contribution in [0.5, 0.6) is 0 Å². The third-order valence-corrected chi connectivity index (χ3v) is 6.53. The van der Waals surface area contributed by atoms with Crippen LogP contribution in [-0.4, -0.2) is 16.1 Å². The van der Waals surface area contributed by atoms with Crippen LogP contribution in [0.2, 0.25) is 0 Å². The lowest BCUT2D eigenvalue weighted by molar-refractivity contribution is 0.591. The maximum absolute atomic E-state index is 4.41. The maximum Gasteiger partial charge on any atom is 0.0958 e. The molecule has 0 saturated carbocycles. The molecule has 0 fully saturated rings. The van der Waals surface area contributed by atoms with Crippen LogP contribution in [0.4, 0.5) is 0 Å². The number of fused-ring (bicyclic) bond motifs is 1. The zero-order chi connectivity index (χ0) is 14.7. The van der Waals surface area contributed by atoms with Gasteiger partial charge in [0.25, 0.3) is 0 Å². The number of aromatic nitrogens is 2. The van der Waals surface area contributed by atoms with Gasteiger partial charge in [0.2, 0.25) is 0 Å². The van der Waals surface area contributed by atoms with E-state index in [2.05, 4.69) is 71.0 Å². The second kappa shape index (κ2) is 7.05. The lowest BCUT2D eigenvalue weighted by Gasteiger charge is -2.05. The standard InChI is InChI=1S/C15H15Br2N3S/c16-12-8-11(21-15(12)17)9-18-6-3-7-20-10-19-13-4-1-2-5-14(13)20/h1-2,4-5,8,10,18H,3,6-7,9H2. The van der Waals surface area contributed by atoms with Crippen molar-refractivity contribution in [2.75, 3.05) is 6.54 Å². The van der Waals surface area contributed by atoms with Crippen LogP contribution in [0, 0.1) is 0 Å². The van der Waals surface area contributed by atoms with Gasteiger partial charge in [0, 0.05) is 22.4 Å². The summed E-state index contributed by atoms with van der Waals surface area (Å²) in [5.74, 6) is 0. The summed E-state index contributed by atoms with van der Waals surface area (Å²) in [5.41, 5.74) is 2.28. The Labute approximate surface area is 144 Å². The summed E-state index contributed by atoms with van der Waals surface area (Å²) in [6.45, 7) is 2.91. The van der Waals surface area contributed by atoms with Crippen LogP contribution in [0.25, 0.3) is 11.0 Å². The van der Waals surface area contributed by atoms with E-state index in [-0.39, 0.29) is 0 Å². The Kier molecular flexibility index (Phi) is 5.11. The minimum Gasteiger partial charge on any atom is -0.331 e. The number of benzene rings is 1. The first-order valence-electron chi connectivity index (χ1n) is 6.78. The van der Waals surface area contributed by atoms with Crippen LogP contribution in [0.3, 0.4) is 0 Å². The second-order valence-electron chi connectivity index (χ2n) is 4.79. The molecule has 3 aromatic rings. The van der Waals surface area contributed by atoms with Gasteiger partial charge >= 0.3 is 0 Å². The number of nitrogens with zero attached hydrogens (tertiary/aromatic N) is 2. The van der Waals surface area contributed by atoms with Crippen LogP contribution in [0.1, 0.15) is 11.3 Å². The third kappa shape index (κ3) is 3.74. The molecule has 3 rings (SSSR count). The normalized spacial score (nSPS) is 11.3. The quantitative estimate of drug-likeness (QED) is 0.571. The highest BCUT2D eigenvalue weighted by molar-refractivity contribution is 9.13. The van der Waals surface area contributed by atoms with Crippen molar-refractivity contribution in [2.24, 2.45) is 0 Å². The summed E-state index contributed by atoms with van der Waals surface area (Å²) < 4.78 is 4.51. The molecular formula is C15H15Br2N3S. The number of halogens is 2. The van der Waals surface area contributed by atoms with E-state index in [4.69, 9.17) is 0 Å². The largest absolute Gasteiger partial charge is 0.331 e. The molecule has 6 heteroatoms. The van der Waals surface area contributed by atoms with Gasteiger partial charge in [-0.1, -0.05) is 12.1 Å². The van der Waals surface area contributed by atoms with E-state index in [1.54, 1.807) is 11.3 Å². The number of hydrogen-bond acceptors (Lipinski definition) is 3. The van der Waals surface area contributed by atoms with Gasteiger partial charge in [0.15, 0.2) is 0 Å². The minimum absolute atomic E-state index is 0.916. The van der Waals surface area contributed by atoms with Gasteiger partial charge in [-0.2, -0.15) is 0 Å². The van der Waals surface area contributed by atoms with Crippen molar-refractivity contribution in [3.05, 3.63) is 49.8 Å². The van der Waals surface area contributed by atoms with E-state index < -0.39 is 0 Å². The SMILES string of the molecule is Brc1cc(CNCCCn2cnc3ccccc32)sc1Br. The fourth-order valence-electron chi connectivity index (χ4n) is 2.25. The van der Waals surface area contributed by atoms with Crippen molar-refractivity contribution in [1.29, 1.82) is 0 Å². The molecule has 0 aliphatic rings. The second-order valence-corrected chi connectivity index (χ2v) is 8.10. The lowest BCUT2D eigenvalue weighted by Crippen LogP contribution is -2.15. The molecular weight excluding hydrogens is 414 g/mol. The molecule has 0 atom stereocenters. The topological polar surface area (TPSA) is 29.9 Å². The number of thiophene rings is 1. The molecule has 0 saturated heterocycles. The summed E-state index contributed by atoms with van der Waals surface area (Å²) in [7, 11) is 0. The van der Waals surface area contributed by atoms with Crippen molar-refractivity contribution in [3.63, 3.8) is 0 Å². The zero-order valence-corrected chi connectivity index (χ0v) is 15.3. The van der Waals surface area contributed by atoms with Crippen molar-refractivity contribution < 1.29 is 0 Å². The van der Waals surface area contributed by atoms with Crippen molar-refractivity contribution in [2.45, 2.75) is 19.5 Å². The number of rotatable bonds is 6. The highest BCUT2D eigenvalue weighted by Crippen LogP contribution is 2.32. The predicted octanol–water partition coefficient (Wildman–Crippen LogP) is 4.80. The number of aryl methyl sites for hydroxylation is 1. The Morgan fingerprint density at radius 3 is 2.90 bits per heavy atom. The maximum atomic E-state index is 4.41. The molecule has 0 bridgehead atoms. The first-order chi connectivity index (χ1) is 10.2. The summed E-state index contributed by atoms with van der Waals surface area (Å²) in [5, 5.41) is 3.49. The van der Waals surface area contributed by atoms with Crippen LogP contribution < -0.4 is 5.32 Å². The fraction of sp³-hybridized carbons (Fsp3) is 0.267. The smallest absolute Gasteiger partial charge is 0.0958 e. The van der Waals surface area contributed by atoms with E-state index in [0.717, 1.165) is 39.8 Å². The number of para-hydroxylation sites is 2. The van der Waals surface area contributed by atoms with E-state index in [1.165, 1.54) is 10.4 Å². The average molecular weight is 429 g/mol. The first kappa shape index (κ1) is 15.2. The van der Waals surface area contributed by atoms with Crippen molar-refractivity contribution >= 4 is 54.2 Å². The zero-order valence-electron chi connectivity index (χ0n) is 11.4. The summed E-state index contributed by atoms with van der Waals surface area (Å²) in [4.78, 5) is 5.75. The molecule has 0 amide bonds. The number of imidazole rings is 1. The molecule has 0 radical (unpaired) electrons. The molecule has 110 valence electrons. The molecule has 1 N–H and O–H groups in total. The van der Waals surface area contributed by atoms with E-state index >= 15 is 0 Å². The minimum atomic E-state index is 0.916. The Balaban J connectivity index is 1.46. The molecule has 1 aromatic carbocycles. The van der Waals surface area contributed by atoms with Gasteiger partial charge < -0.3 is 9.88 Å². The van der Waals surface area contributed by atoms with Gasteiger partial charge in [-0.25, -0.2) is 4.98 Å². The van der Waals surface area contributed by atoms with E-state index in [1.807, 2.05) is 12.4 Å². The number of nitrogens with one attached hydrogen (secondary N) is 1. The van der Waals surface area contributed by atoms with Crippen molar-refractivity contribution in [1.82, 2.24) is 14.9 Å². The number of hydrogen-bond donors (Lipinski definition) is 1. The third-order valence-electron chi connectivity index (χ3n) is 3.28. The summed E-state index contributed by atoms with van der Waals surface area (Å²) in [6, 6.07) is 10.4.